The van der Waals surface area contributed by atoms with E-state index in [0.29, 0.717) is 23.3 Å². The van der Waals surface area contributed by atoms with Crippen LogP contribution in [0, 0.1) is 0 Å². The van der Waals surface area contributed by atoms with Crippen LogP contribution in [0.5, 0.6) is 0 Å². The highest BCUT2D eigenvalue weighted by atomic mass is 15.5. The Hall–Kier alpha value is -2.91. The first-order valence-electron chi connectivity index (χ1n) is 5.91. The minimum Gasteiger partial charge on any atom is -0.344 e. The summed E-state index contributed by atoms with van der Waals surface area (Å²) in [5.41, 5.74) is 0.683. The van der Waals surface area contributed by atoms with Crippen LogP contribution < -0.4 is 5.32 Å². The van der Waals surface area contributed by atoms with Crippen LogP contribution >= 0.6 is 0 Å². The number of nitrogens with zero attached hydrogens (tertiary/aromatic N) is 8. The summed E-state index contributed by atoms with van der Waals surface area (Å²) in [7, 11) is 1.81. The van der Waals surface area contributed by atoms with Crippen molar-refractivity contribution >= 4 is 5.95 Å². The number of rotatable bonds is 4. The summed E-state index contributed by atoms with van der Waals surface area (Å²) in [6.07, 6.45) is 3.13. The smallest absolute Gasteiger partial charge is 0.223 e. The number of anilines is 1. The maximum Gasteiger partial charge on any atom is 0.223 e. The van der Waals surface area contributed by atoms with Gasteiger partial charge >= 0.3 is 0 Å². The zero-order valence-electron chi connectivity index (χ0n) is 10.9. The van der Waals surface area contributed by atoms with Crippen LogP contribution in [0.15, 0.2) is 18.6 Å². The van der Waals surface area contributed by atoms with E-state index in [-0.39, 0.29) is 6.04 Å². The Kier molecular flexibility index (Phi) is 3.03. The van der Waals surface area contributed by atoms with Gasteiger partial charge in [-0.1, -0.05) is 5.21 Å². The lowest BCUT2D eigenvalue weighted by atomic mass is 10.3. The van der Waals surface area contributed by atoms with Crippen molar-refractivity contribution in [3.8, 4) is 11.5 Å². The van der Waals surface area contributed by atoms with Gasteiger partial charge in [0.2, 0.25) is 5.95 Å². The van der Waals surface area contributed by atoms with Crippen LogP contribution in [0.4, 0.5) is 5.95 Å². The van der Waals surface area contributed by atoms with Crippen LogP contribution in [0.2, 0.25) is 0 Å². The summed E-state index contributed by atoms with van der Waals surface area (Å²) in [6.45, 7) is 1.89. The molecule has 0 spiro atoms. The largest absolute Gasteiger partial charge is 0.344 e. The molecule has 20 heavy (non-hydrogen) atoms. The van der Waals surface area contributed by atoms with E-state index in [1.807, 2.05) is 6.92 Å². The van der Waals surface area contributed by atoms with Gasteiger partial charge in [0.05, 0.1) is 6.04 Å². The molecule has 3 aromatic heterocycles. The van der Waals surface area contributed by atoms with E-state index in [4.69, 9.17) is 0 Å². The lowest BCUT2D eigenvalue weighted by molar-refractivity contribution is 0.767. The molecule has 0 fully saturated rings. The number of aromatic nitrogens is 9. The fraction of sp³-hybridized carbons (Fsp3) is 0.300. The Balaban J connectivity index is 1.83. The van der Waals surface area contributed by atoms with Crippen molar-refractivity contribution in [2.45, 2.75) is 13.0 Å². The normalized spacial score (nSPS) is 12.3. The lowest BCUT2D eigenvalue weighted by Gasteiger charge is -2.10. The van der Waals surface area contributed by atoms with Gasteiger partial charge in [0.15, 0.2) is 11.6 Å². The Labute approximate surface area is 113 Å². The standard InChI is InChI=1S/C10H12N10/c1-6(8-16-18-19-17-8)14-10-11-4-3-7(15-10)9-12-5-13-20(9)2/h3-6H,1-2H3,(H,11,14,15)(H,16,17,18,19). The Morgan fingerprint density at radius 3 is 2.95 bits per heavy atom. The second-order valence-corrected chi connectivity index (χ2v) is 4.11. The Bertz CT molecular complexity index is 688. The van der Waals surface area contributed by atoms with Crippen molar-refractivity contribution in [2.24, 2.45) is 7.05 Å². The third-order valence-electron chi connectivity index (χ3n) is 2.69. The summed E-state index contributed by atoms with van der Waals surface area (Å²) >= 11 is 0. The number of nitrogens with one attached hydrogen (secondary N) is 2. The van der Waals surface area contributed by atoms with E-state index in [0.717, 1.165) is 0 Å². The molecule has 3 rings (SSSR count). The molecule has 0 bridgehead atoms. The predicted molar refractivity (Wildman–Crippen MR) is 68.2 cm³/mol. The summed E-state index contributed by atoms with van der Waals surface area (Å²) in [6, 6.07) is 1.61. The number of hydrogen-bond donors (Lipinski definition) is 2. The summed E-state index contributed by atoms with van der Waals surface area (Å²) < 4.78 is 1.65. The summed E-state index contributed by atoms with van der Waals surface area (Å²) in [5, 5.41) is 20.9. The molecular formula is C10H12N10. The molecule has 0 aliphatic carbocycles. The van der Waals surface area contributed by atoms with Crippen molar-refractivity contribution in [3.63, 3.8) is 0 Å². The van der Waals surface area contributed by atoms with Crippen molar-refractivity contribution in [1.82, 2.24) is 45.4 Å². The van der Waals surface area contributed by atoms with E-state index < -0.39 is 0 Å². The van der Waals surface area contributed by atoms with Crippen molar-refractivity contribution in [1.29, 1.82) is 0 Å². The lowest BCUT2D eigenvalue weighted by Crippen LogP contribution is -2.11. The SMILES string of the molecule is CC(Nc1nccc(-c2ncnn2C)n1)c1nn[nH]n1. The molecule has 0 aliphatic heterocycles. The molecule has 2 N–H and O–H groups in total. The van der Waals surface area contributed by atoms with E-state index in [1.54, 1.807) is 24.0 Å². The van der Waals surface area contributed by atoms with E-state index in [1.165, 1.54) is 6.33 Å². The zero-order chi connectivity index (χ0) is 13.9. The fourth-order valence-corrected chi connectivity index (χ4v) is 1.69. The van der Waals surface area contributed by atoms with Crippen LogP contribution in [0.3, 0.4) is 0 Å². The second-order valence-electron chi connectivity index (χ2n) is 4.11. The Morgan fingerprint density at radius 2 is 2.25 bits per heavy atom. The minimum absolute atomic E-state index is 0.163. The van der Waals surface area contributed by atoms with Crippen LogP contribution in [0.25, 0.3) is 11.5 Å². The first-order valence-corrected chi connectivity index (χ1v) is 5.91. The summed E-state index contributed by atoms with van der Waals surface area (Å²) in [4.78, 5) is 12.7. The molecule has 0 radical (unpaired) electrons. The number of hydrogen-bond acceptors (Lipinski definition) is 8. The van der Waals surface area contributed by atoms with Gasteiger partial charge in [0, 0.05) is 13.2 Å². The molecule has 0 saturated heterocycles. The van der Waals surface area contributed by atoms with Crippen LogP contribution in [-0.2, 0) is 7.05 Å². The topological polar surface area (TPSA) is 123 Å². The van der Waals surface area contributed by atoms with Crippen LogP contribution in [0.1, 0.15) is 18.8 Å². The average molecular weight is 272 g/mol. The molecule has 1 unspecified atom stereocenters. The van der Waals surface area contributed by atoms with E-state index in [2.05, 4.69) is 46.0 Å². The maximum absolute atomic E-state index is 4.39. The molecule has 1 atom stereocenters. The average Bonchev–Trinajstić information content (AvgIpc) is 3.10. The molecule has 10 nitrogen and oxygen atoms in total. The highest BCUT2D eigenvalue weighted by Crippen LogP contribution is 2.16. The fourth-order valence-electron chi connectivity index (χ4n) is 1.69. The molecular weight excluding hydrogens is 260 g/mol. The first kappa shape index (κ1) is 12.1. The third-order valence-corrected chi connectivity index (χ3v) is 2.69. The van der Waals surface area contributed by atoms with Gasteiger partial charge in [-0.05, 0) is 13.0 Å². The van der Waals surface area contributed by atoms with Gasteiger partial charge in [-0.3, -0.25) is 0 Å². The Morgan fingerprint density at radius 1 is 1.35 bits per heavy atom. The van der Waals surface area contributed by atoms with Gasteiger partial charge in [0.1, 0.15) is 12.0 Å². The van der Waals surface area contributed by atoms with Gasteiger partial charge in [-0.25, -0.2) is 19.6 Å². The molecule has 0 aromatic carbocycles. The summed E-state index contributed by atoms with van der Waals surface area (Å²) in [5.74, 6) is 1.67. The van der Waals surface area contributed by atoms with Gasteiger partial charge in [-0.15, -0.1) is 10.2 Å². The van der Waals surface area contributed by atoms with Gasteiger partial charge in [-0.2, -0.15) is 10.3 Å². The minimum atomic E-state index is -0.163. The molecule has 3 aromatic rings. The van der Waals surface area contributed by atoms with E-state index >= 15 is 0 Å². The number of H-pyrrole nitrogens is 1. The van der Waals surface area contributed by atoms with Crippen molar-refractivity contribution in [3.05, 3.63) is 24.4 Å². The van der Waals surface area contributed by atoms with Gasteiger partial charge < -0.3 is 5.32 Å². The van der Waals surface area contributed by atoms with Crippen LogP contribution in [-0.4, -0.2) is 45.4 Å². The molecule has 10 heteroatoms. The van der Waals surface area contributed by atoms with Crippen molar-refractivity contribution in [2.75, 3.05) is 5.32 Å². The molecule has 3 heterocycles. The first-order chi connectivity index (χ1) is 9.74. The monoisotopic (exact) mass is 272 g/mol. The second kappa shape index (κ2) is 4.99. The quantitative estimate of drug-likeness (QED) is 0.678. The maximum atomic E-state index is 4.39. The third kappa shape index (κ3) is 2.30. The molecule has 0 saturated carbocycles. The molecule has 0 amide bonds. The number of aryl methyl sites for hydroxylation is 1. The van der Waals surface area contributed by atoms with E-state index in [9.17, 15) is 0 Å². The number of tetrazole rings is 1. The molecule has 102 valence electrons. The molecule has 0 aliphatic rings. The number of aromatic amines is 1. The zero-order valence-corrected chi connectivity index (χ0v) is 10.9. The highest BCUT2D eigenvalue weighted by Gasteiger charge is 2.13. The predicted octanol–water partition coefficient (Wildman–Crippen LogP) is -0.0417. The highest BCUT2D eigenvalue weighted by molar-refractivity contribution is 5.50. The van der Waals surface area contributed by atoms with Crippen molar-refractivity contribution < 1.29 is 0 Å². The van der Waals surface area contributed by atoms with Gasteiger partial charge in [0.25, 0.3) is 0 Å².